The van der Waals surface area contributed by atoms with Gasteiger partial charge in [-0.2, -0.15) is 0 Å². The first-order valence-corrected chi connectivity index (χ1v) is 7.61. The van der Waals surface area contributed by atoms with Crippen LogP contribution in [-0.2, 0) is 9.53 Å². The van der Waals surface area contributed by atoms with Crippen LogP contribution in [0.5, 0.6) is 0 Å². The first kappa shape index (κ1) is 17.4. The fraction of sp³-hybridized carbons (Fsp3) is 0.933. The Morgan fingerprint density at radius 2 is 2.25 bits per heavy atom. The SMILES string of the molecule is COCCC(N)C(=O)NCC1(N(C)C)CCCC(C)C1. The van der Waals surface area contributed by atoms with Gasteiger partial charge in [-0.15, -0.1) is 0 Å². The van der Waals surface area contributed by atoms with Gasteiger partial charge in [0.1, 0.15) is 0 Å². The third-order valence-electron chi connectivity index (χ3n) is 4.58. The van der Waals surface area contributed by atoms with E-state index in [1.807, 2.05) is 0 Å². The van der Waals surface area contributed by atoms with E-state index in [-0.39, 0.29) is 11.4 Å². The fourth-order valence-corrected chi connectivity index (χ4v) is 3.12. The molecule has 5 heteroatoms. The van der Waals surface area contributed by atoms with Gasteiger partial charge in [0.05, 0.1) is 6.04 Å². The lowest BCUT2D eigenvalue weighted by Gasteiger charge is -2.45. The van der Waals surface area contributed by atoms with E-state index in [4.69, 9.17) is 10.5 Å². The van der Waals surface area contributed by atoms with Crippen LogP contribution in [0.1, 0.15) is 39.0 Å². The van der Waals surface area contributed by atoms with Crippen molar-refractivity contribution >= 4 is 5.91 Å². The van der Waals surface area contributed by atoms with Crippen molar-refractivity contribution in [2.45, 2.75) is 50.6 Å². The molecular formula is C15H31N3O2. The largest absolute Gasteiger partial charge is 0.385 e. The molecule has 1 rings (SSSR count). The number of carbonyl (C=O) groups is 1. The summed E-state index contributed by atoms with van der Waals surface area (Å²) in [7, 11) is 5.83. The number of amides is 1. The molecule has 0 aromatic rings. The zero-order valence-corrected chi connectivity index (χ0v) is 13.4. The van der Waals surface area contributed by atoms with Crippen molar-refractivity contribution < 1.29 is 9.53 Å². The summed E-state index contributed by atoms with van der Waals surface area (Å²) in [4.78, 5) is 14.3. The van der Waals surface area contributed by atoms with Crippen molar-refractivity contribution in [2.24, 2.45) is 11.7 Å². The molecule has 5 nitrogen and oxygen atoms in total. The average molecular weight is 285 g/mol. The summed E-state index contributed by atoms with van der Waals surface area (Å²) in [5.41, 5.74) is 5.94. The van der Waals surface area contributed by atoms with Gasteiger partial charge in [-0.1, -0.05) is 19.8 Å². The van der Waals surface area contributed by atoms with Crippen molar-refractivity contribution in [3.63, 3.8) is 0 Å². The van der Waals surface area contributed by atoms with E-state index < -0.39 is 6.04 Å². The van der Waals surface area contributed by atoms with Gasteiger partial charge in [-0.05, 0) is 39.3 Å². The number of nitrogens with two attached hydrogens (primary N) is 1. The van der Waals surface area contributed by atoms with E-state index in [2.05, 4.69) is 31.2 Å². The van der Waals surface area contributed by atoms with Gasteiger partial charge in [0, 0.05) is 25.8 Å². The van der Waals surface area contributed by atoms with Crippen LogP contribution in [0.2, 0.25) is 0 Å². The van der Waals surface area contributed by atoms with Crippen molar-refractivity contribution in [1.82, 2.24) is 10.2 Å². The molecule has 0 aromatic carbocycles. The zero-order chi connectivity index (χ0) is 15.2. The molecule has 1 aliphatic carbocycles. The maximum absolute atomic E-state index is 12.0. The monoisotopic (exact) mass is 285 g/mol. The Labute approximate surface area is 123 Å². The van der Waals surface area contributed by atoms with Crippen LogP contribution in [0.25, 0.3) is 0 Å². The Morgan fingerprint density at radius 1 is 1.55 bits per heavy atom. The van der Waals surface area contributed by atoms with Crippen LogP contribution < -0.4 is 11.1 Å². The van der Waals surface area contributed by atoms with E-state index in [0.717, 1.165) is 12.8 Å². The van der Waals surface area contributed by atoms with Crippen LogP contribution >= 0.6 is 0 Å². The summed E-state index contributed by atoms with van der Waals surface area (Å²) in [6.45, 7) is 3.50. The number of hydrogen-bond acceptors (Lipinski definition) is 4. The lowest BCUT2D eigenvalue weighted by atomic mass is 9.75. The Balaban J connectivity index is 2.52. The quantitative estimate of drug-likeness (QED) is 0.731. The standard InChI is InChI=1S/C15H31N3O2/c1-12-6-5-8-15(10-12,18(2)3)11-17-14(19)13(16)7-9-20-4/h12-13H,5-11,16H2,1-4H3,(H,17,19). The Bertz CT molecular complexity index is 309. The molecule has 1 amide bonds. The summed E-state index contributed by atoms with van der Waals surface area (Å²) in [6.07, 6.45) is 5.35. The Hall–Kier alpha value is -0.650. The number of methoxy groups -OCH3 is 1. The lowest BCUT2D eigenvalue weighted by molar-refractivity contribution is -0.123. The summed E-state index contributed by atoms with van der Waals surface area (Å²) >= 11 is 0. The van der Waals surface area contributed by atoms with E-state index in [9.17, 15) is 4.79 Å². The van der Waals surface area contributed by atoms with Gasteiger partial charge in [0.15, 0.2) is 0 Å². The smallest absolute Gasteiger partial charge is 0.237 e. The second-order valence-corrected chi connectivity index (χ2v) is 6.43. The van der Waals surface area contributed by atoms with Crippen LogP contribution in [-0.4, -0.2) is 56.7 Å². The number of ether oxygens (including phenoxy) is 1. The molecule has 1 saturated carbocycles. The first-order valence-electron chi connectivity index (χ1n) is 7.61. The molecule has 118 valence electrons. The molecule has 0 aliphatic heterocycles. The number of likely N-dealkylation sites (N-methyl/N-ethyl adjacent to an activating group) is 1. The Kier molecular flexibility index (Phi) is 6.92. The normalized spacial score (nSPS) is 28.4. The van der Waals surface area contributed by atoms with E-state index in [1.165, 1.54) is 12.8 Å². The molecule has 0 heterocycles. The first-order chi connectivity index (χ1) is 9.41. The number of carbonyl (C=O) groups excluding carboxylic acids is 1. The van der Waals surface area contributed by atoms with Crippen LogP contribution in [0.3, 0.4) is 0 Å². The van der Waals surface area contributed by atoms with Gasteiger partial charge in [0.2, 0.25) is 5.91 Å². The van der Waals surface area contributed by atoms with Gasteiger partial charge in [-0.3, -0.25) is 4.79 Å². The van der Waals surface area contributed by atoms with Crippen LogP contribution in [0.15, 0.2) is 0 Å². The third kappa shape index (κ3) is 4.72. The summed E-state index contributed by atoms with van der Waals surface area (Å²) < 4.78 is 4.96. The molecule has 0 bridgehead atoms. The van der Waals surface area contributed by atoms with Crippen LogP contribution in [0.4, 0.5) is 0 Å². The molecule has 1 fully saturated rings. The van der Waals surface area contributed by atoms with Gasteiger partial charge >= 0.3 is 0 Å². The fourth-order valence-electron chi connectivity index (χ4n) is 3.12. The van der Waals surface area contributed by atoms with Crippen molar-refractivity contribution in [3.8, 4) is 0 Å². The van der Waals surface area contributed by atoms with E-state index in [1.54, 1.807) is 7.11 Å². The van der Waals surface area contributed by atoms with E-state index >= 15 is 0 Å². The van der Waals surface area contributed by atoms with Crippen LogP contribution in [0, 0.1) is 5.92 Å². The molecule has 3 unspecified atom stereocenters. The van der Waals surface area contributed by atoms with Gasteiger partial charge < -0.3 is 20.7 Å². The number of rotatable bonds is 7. The molecule has 0 spiro atoms. The third-order valence-corrected chi connectivity index (χ3v) is 4.58. The lowest BCUT2D eigenvalue weighted by Crippen LogP contribution is -2.56. The highest BCUT2D eigenvalue weighted by atomic mass is 16.5. The highest BCUT2D eigenvalue weighted by molar-refractivity contribution is 5.81. The molecular weight excluding hydrogens is 254 g/mol. The summed E-state index contributed by atoms with van der Waals surface area (Å²) in [5.74, 6) is 0.645. The van der Waals surface area contributed by atoms with Gasteiger partial charge in [0.25, 0.3) is 0 Å². The average Bonchev–Trinajstić information content (AvgIpc) is 2.41. The number of hydrogen-bond donors (Lipinski definition) is 2. The highest BCUT2D eigenvalue weighted by Crippen LogP contribution is 2.35. The molecule has 0 radical (unpaired) electrons. The maximum atomic E-state index is 12.0. The zero-order valence-electron chi connectivity index (χ0n) is 13.4. The second kappa shape index (κ2) is 7.96. The molecule has 0 aromatic heterocycles. The van der Waals surface area contributed by atoms with Gasteiger partial charge in [-0.25, -0.2) is 0 Å². The second-order valence-electron chi connectivity index (χ2n) is 6.43. The van der Waals surface area contributed by atoms with Crippen molar-refractivity contribution in [3.05, 3.63) is 0 Å². The number of nitrogens with zero attached hydrogens (tertiary/aromatic N) is 1. The van der Waals surface area contributed by atoms with Crippen molar-refractivity contribution in [1.29, 1.82) is 0 Å². The minimum absolute atomic E-state index is 0.0681. The minimum Gasteiger partial charge on any atom is -0.385 e. The highest BCUT2D eigenvalue weighted by Gasteiger charge is 2.37. The number of nitrogens with one attached hydrogen (secondary N) is 1. The molecule has 3 atom stereocenters. The van der Waals surface area contributed by atoms with E-state index in [0.29, 0.717) is 25.5 Å². The molecule has 0 saturated heterocycles. The summed E-state index contributed by atoms with van der Waals surface area (Å²) in [5, 5.41) is 3.04. The van der Waals surface area contributed by atoms with Crippen molar-refractivity contribution in [2.75, 3.05) is 34.4 Å². The predicted octanol–water partition coefficient (Wildman–Crippen LogP) is 0.977. The molecule has 3 N–H and O–H groups in total. The minimum atomic E-state index is -0.477. The molecule has 20 heavy (non-hydrogen) atoms. The Morgan fingerprint density at radius 3 is 2.80 bits per heavy atom. The predicted molar refractivity (Wildman–Crippen MR) is 81.5 cm³/mol. The maximum Gasteiger partial charge on any atom is 0.237 e. The molecule has 1 aliphatic rings. The summed E-state index contributed by atoms with van der Waals surface area (Å²) in [6, 6.07) is -0.477. The topological polar surface area (TPSA) is 67.6 Å².